The second kappa shape index (κ2) is 8.23. The van der Waals surface area contributed by atoms with Gasteiger partial charge in [-0.15, -0.1) is 0 Å². The summed E-state index contributed by atoms with van der Waals surface area (Å²) in [6.07, 6.45) is 1.06. The van der Waals surface area contributed by atoms with Crippen molar-refractivity contribution in [2.24, 2.45) is 0 Å². The van der Waals surface area contributed by atoms with E-state index < -0.39 is 0 Å². The molecular formula is C21H25NO4. The molecule has 1 atom stereocenters. The van der Waals surface area contributed by atoms with E-state index in [4.69, 9.17) is 14.2 Å². The molecule has 2 aromatic rings. The topological polar surface area (TPSA) is 56.8 Å². The molecule has 0 aliphatic carbocycles. The molecule has 5 heteroatoms. The Morgan fingerprint density at radius 1 is 1.27 bits per heavy atom. The van der Waals surface area contributed by atoms with Crippen molar-refractivity contribution in [1.29, 1.82) is 0 Å². The number of carbonyl (C=O) groups excluding carboxylic acids is 1. The van der Waals surface area contributed by atoms with E-state index >= 15 is 0 Å². The van der Waals surface area contributed by atoms with Gasteiger partial charge >= 0.3 is 0 Å². The molecule has 0 bridgehead atoms. The van der Waals surface area contributed by atoms with Crippen LogP contribution in [0.2, 0.25) is 0 Å². The maximum atomic E-state index is 12.4. The Bertz CT molecular complexity index is 770. The summed E-state index contributed by atoms with van der Waals surface area (Å²) < 4.78 is 16.7. The third-order valence-electron chi connectivity index (χ3n) is 4.35. The Labute approximate surface area is 154 Å². The predicted molar refractivity (Wildman–Crippen MR) is 99.7 cm³/mol. The summed E-state index contributed by atoms with van der Waals surface area (Å²) in [5.41, 5.74) is 3.73. The summed E-state index contributed by atoms with van der Waals surface area (Å²) in [5, 5.41) is 2.96. The van der Waals surface area contributed by atoms with Crippen LogP contribution < -0.4 is 14.8 Å². The number of rotatable bonds is 7. The molecule has 138 valence electrons. The summed E-state index contributed by atoms with van der Waals surface area (Å²) in [6, 6.07) is 11.4. The molecule has 0 aromatic heterocycles. The van der Waals surface area contributed by atoms with E-state index in [0.29, 0.717) is 25.3 Å². The van der Waals surface area contributed by atoms with E-state index in [1.807, 2.05) is 31.2 Å². The van der Waals surface area contributed by atoms with Gasteiger partial charge in [-0.25, -0.2) is 0 Å². The number of benzene rings is 2. The van der Waals surface area contributed by atoms with Crippen LogP contribution >= 0.6 is 0 Å². The lowest BCUT2D eigenvalue weighted by Crippen LogP contribution is -2.23. The van der Waals surface area contributed by atoms with Gasteiger partial charge in [0.1, 0.15) is 17.6 Å². The summed E-state index contributed by atoms with van der Waals surface area (Å²) in [5.74, 6) is 1.57. The fourth-order valence-electron chi connectivity index (χ4n) is 3.11. The average Bonchev–Trinajstić information content (AvgIpc) is 2.99. The average molecular weight is 355 g/mol. The zero-order valence-electron chi connectivity index (χ0n) is 15.5. The molecule has 0 fully saturated rings. The molecule has 2 aromatic carbocycles. The minimum atomic E-state index is -0.119. The molecule has 0 saturated heterocycles. The first-order valence-electron chi connectivity index (χ1n) is 8.92. The van der Waals surface area contributed by atoms with Crippen LogP contribution in [0.1, 0.15) is 40.9 Å². The minimum absolute atomic E-state index is 0.119. The van der Waals surface area contributed by atoms with E-state index in [1.165, 1.54) is 0 Å². The first-order valence-corrected chi connectivity index (χ1v) is 8.92. The quantitative estimate of drug-likeness (QED) is 0.826. The lowest BCUT2D eigenvalue weighted by atomic mass is 10.1. The van der Waals surface area contributed by atoms with Gasteiger partial charge < -0.3 is 19.5 Å². The van der Waals surface area contributed by atoms with Gasteiger partial charge in [0, 0.05) is 36.8 Å². The van der Waals surface area contributed by atoms with Crippen LogP contribution in [0.3, 0.4) is 0 Å². The van der Waals surface area contributed by atoms with Gasteiger partial charge in [-0.3, -0.25) is 4.79 Å². The van der Waals surface area contributed by atoms with Gasteiger partial charge in [-0.2, -0.15) is 0 Å². The molecule has 0 saturated carbocycles. The minimum Gasteiger partial charge on any atom is -0.494 e. The van der Waals surface area contributed by atoms with E-state index in [-0.39, 0.29) is 12.0 Å². The van der Waals surface area contributed by atoms with E-state index in [2.05, 4.69) is 12.2 Å². The zero-order chi connectivity index (χ0) is 18.5. The molecule has 1 aliphatic rings. The van der Waals surface area contributed by atoms with E-state index in [1.54, 1.807) is 19.2 Å². The fourth-order valence-corrected chi connectivity index (χ4v) is 3.11. The van der Waals surface area contributed by atoms with Gasteiger partial charge in [-0.05, 0) is 43.7 Å². The zero-order valence-corrected chi connectivity index (χ0v) is 15.5. The van der Waals surface area contributed by atoms with Crippen molar-refractivity contribution in [2.45, 2.75) is 39.5 Å². The van der Waals surface area contributed by atoms with Gasteiger partial charge in [0.05, 0.1) is 13.2 Å². The van der Waals surface area contributed by atoms with Gasteiger partial charge in [-0.1, -0.05) is 12.1 Å². The number of fused-ring (bicyclic) bond motifs is 1. The molecule has 3 rings (SSSR count). The Morgan fingerprint density at radius 3 is 2.73 bits per heavy atom. The standard InChI is InChI=1S/C21H25NO4/c1-4-25-19-10-17-9-14(2)26-20(17)11-18(19)12-22-21(23)16-7-5-15(6-8-16)13-24-3/h5-8,10-11,14H,4,9,12-13H2,1-3H3,(H,22,23)/t14-/m0/s1. The van der Waals surface area contributed by atoms with Crippen molar-refractivity contribution in [2.75, 3.05) is 13.7 Å². The van der Waals surface area contributed by atoms with Crippen molar-refractivity contribution < 1.29 is 19.0 Å². The Balaban J connectivity index is 1.70. The molecule has 1 N–H and O–H groups in total. The number of nitrogens with one attached hydrogen (secondary N) is 1. The van der Waals surface area contributed by atoms with E-state index in [9.17, 15) is 4.79 Å². The van der Waals surface area contributed by atoms with Gasteiger partial charge in [0.15, 0.2) is 0 Å². The summed E-state index contributed by atoms with van der Waals surface area (Å²) >= 11 is 0. The van der Waals surface area contributed by atoms with Gasteiger partial charge in [0.2, 0.25) is 0 Å². The van der Waals surface area contributed by atoms with Crippen molar-refractivity contribution in [3.63, 3.8) is 0 Å². The number of methoxy groups -OCH3 is 1. The molecule has 1 aliphatic heterocycles. The summed E-state index contributed by atoms with van der Waals surface area (Å²) in [6.45, 7) is 5.51. The molecule has 1 amide bonds. The summed E-state index contributed by atoms with van der Waals surface area (Å²) in [7, 11) is 1.65. The number of carbonyl (C=O) groups is 1. The number of ether oxygens (including phenoxy) is 3. The molecule has 1 heterocycles. The molecule has 26 heavy (non-hydrogen) atoms. The van der Waals surface area contributed by atoms with Crippen molar-refractivity contribution in [3.05, 3.63) is 58.7 Å². The number of hydrogen-bond acceptors (Lipinski definition) is 4. The van der Waals surface area contributed by atoms with Crippen molar-refractivity contribution in [1.82, 2.24) is 5.32 Å². The first-order chi connectivity index (χ1) is 12.6. The van der Waals surface area contributed by atoms with Gasteiger partial charge in [0.25, 0.3) is 5.91 Å². The number of amides is 1. The fraction of sp³-hybridized carbons (Fsp3) is 0.381. The Kier molecular flexibility index (Phi) is 5.78. The molecule has 5 nitrogen and oxygen atoms in total. The maximum absolute atomic E-state index is 12.4. The second-order valence-corrected chi connectivity index (χ2v) is 6.45. The van der Waals surface area contributed by atoms with Crippen LogP contribution in [0, 0.1) is 0 Å². The molecular weight excluding hydrogens is 330 g/mol. The maximum Gasteiger partial charge on any atom is 0.251 e. The highest BCUT2D eigenvalue weighted by Gasteiger charge is 2.22. The summed E-state index contributed by atoms with van der Waals surface area (Å²) in [4.78, 5) is 12.4. The lowest BCUT2D eigenvalue weighted by Gasteiger charge is -2.13. The van der Waals surface area contributed by atoms with Crippen LogP contribution in [0.15, 0.2) is 36.4 Å². The largest absolute Gasteiger partial charge is 0.494 e. The van der Waals surface area contributed by atoms with Crippen molar-refractivity contribution in [3.8, 4) is 11.5 Å². The van der Waals surface area contributed by atoms with Crippen LogP contribution in [0.25, 0.3) is 0 Å². The van der Waals surface area contributed by atoms with Crippen LogP contribution in [-0.4, -0.2) is 25.7 Å². The SMILES string of the molecule is CCOc1cc2c(cc1CNC(=O)c1ccc(COC)cc1)O[C@@H](C)C2. The first kappa shape index (κ1) is 18.3. The van der Waals surface area contributed by atoms with Crippen LogP contribution in [-0.2, 0) is 24.3 Å². The van der Waals surface area contributed by atoms with E-state index in [0.717, 1.165) is 34.6 Å². The molecule has 0 radical (unpaired) electrons. The highest BCUT2D eigenvalue weighted by atomic mass is 16.5. The smallest absolute Gasteiger partial charge is 0.251 e. The number of hydrogen-bond donors (Lipinski definition) is 1. The molecule has 0 spiro atoms. The highest BCUT2D eigenvalue weighted by molar-refractivity contribution is 5.94. The molecule has 0 unspecified atom stereocenters. The van der Waals surface area contributed by atoms with Crippen molar-refractivity contribution >= 4 is 5.91 Å². The lowest BCUT2D eigenvalue weighted by molar-refractivity contribution is 0.0950. The third kappa shape index (κ3) is 4.17. The normalized spacial score (nSPS) is 15.3. The third-order valence-corrected chi connectivity index (χ3v) is 4.35. The van der Waals surface area contributed by atoms with Crippen LogP contribution in [0.4, 0.5) is 0 Å². The predicted octanol–water partition coefficient (Wildman–Crippen LogP) is 3.49. The monoisotopic (exact) mass is 355 g/mol. The Hall–Kier alpha value is -2.53. The second-order valence-electron chi connectivity index (χ2n) is 6.45. The highest BCUT2D eigenvalue weighted by Crippen LogP contribution is 2.35. The van der Waals surface area contributed by atoms with Crippen LogP contribution in [0.5, 0.6) is 11.5 Å². The Morgan fingerprint density at radius 2 is 2.04 bits per heavy atom.